The van der Waals surface area contributed by atoms with E-state index in [0.29, 0.717) is 11.7 Å². The van der Waals surface area contributed by atoms with Crippen LogP contribution in [0, 0.1) is 5.82 Å². The van der Waals surface area contributed by atoms with Crippen molar-refractivity contribution in [3.8, 4) is 5.75 Å². The molecule has 0 amide bonds. The molecule has 1 rings (SSSR count). The number of carbonyl (C=O) groups is 1. The second-order valence-corrected chi connectivity index (χ2v) is 5.38. The summed E-state index contributed by atoms with van der Waals surface area (Å²) in [7, 11) is 0. The highest BCUT2D eigenvalue weighted by molar-refractivity contribution is 7.67. The Kier molecular flexibility index (Phi) is 3.70. The van der Waals surface area contributed by atoms with Gasteiger partial charge in [0, 0.05) is 18.1 Å². The molecule has 0 heterocycles. The Hall–Kier alpha value is -1.36. The van der Waals surface area contributed by atoms with E-state index >= 15 is 0 Å². The quantitative estimate of drug-likeness (QED) is 0.652. The number of phenolic OH excluding ortho intramolecular Hbond substituents is 1. The Morgan fingerprint density at radius 1 is 1.50 bits per heavy atom. The van der Waals surface area contributed by atoms with Gasteiger partial charge >= 0.3 is 11.7 Å². The van der Waals surface area contributed by atoms with Crippen molar-refractivity contribution in [1.82, 2.24) is 0 Å². The first-order chi connectivity index (χ1) is 7.35. The Balaban J connectivity index is 2.97. The van der Waals surface area contributed by atoms with Crippen molar-refractivity contribution in [3.63, 3.8) is 0 Å². The van der Waals surface area contributed by atoms with E-state index in [1.165, 1.54) is 0 Å². The molecule has 0 saturated heterocycles. The highest BCUT2D eigenvalue weighted by Crippen LogP contribution is 2.23. The number of carbonyl (C=O) groups excluding carboxylic acids is 1. The lowest BCUT2D eigenvalue weighted by atomic mass is 10.00. The predicted octanol–water partition coefficient (Wildman–Crippen LogP) is 2.31. The molecule has 1 aromatic rings. The average Bonchev–Trinajstić information content (AvgIpc) is 2.21. The molecular weight excluding hydrogens is 231 g/mol. The second-order valence-electron chi connectivity index (χ2n) is 4.10. The number of hydrogen-bond donors (Lipinski definition) is 1. The number of Topliss-reactive ketones (excluding diaryl/α,β-unsaturated/α-hetero) is 1. The van der Waals surface area contributed by atoms with Crippen molar-refractivity contribution >= 4 is 17.4 Å². The summed E-state index contributed by atoms with van der Waals surface area (Å²) in [5, 5.41) is 9.40. The van der Waals surface area contributed by atoms with Crippen LogP contribution in [-0.4, -0.2) is 15.6 Å². The molecule has 0 aromatic heterocycles. The van der Waals surface area contributed by atoms with Crippen molar-refractivity contribution in [1.29, 1.82) is 0 Å². The summed E-state index contributed by atoms with van der Waals surface area (Å²) in [6.45, 7) is 3.25. The molecule has 1 N–H and O–H groups in total. The van der Waals surface area contributed by atoms with E-state index in [1.54, 1.807) is 13.8 Å². The van der Waals surface area contributed by atoms with E-state index in [9.17, 15) is 18.5 Å². The molecule has 0 aliphatic carbocycles. The molecule has 0 unspecified atom stereocenters. The summed E-state index contributed by atoms with van der Waals surface area (Å²) in [5.41, 5.74) is -0.0814. The van der Waals surface area contributed by atoms with Crippen molar-refractivity contribution in [2.75, 3.05) is 0 Å². The minimum absolute atomic E-state index is 0.0435. The SMILES string of the molecule is CC(C)(CC(=O)c1cc(F)ccc1O)[S+]=O. The number of aromatic hydroxyl groups is 1. The smallest absolute Gasteiger partial charge is 0.465 e. The molecule has 86 valence electrons. The third kappa shape index (κ3) is 3.06. The number of ketones is 1. The first-order valence-electron chi connectivity index (χ1n) is 4.68. The largest absolute Gasteiger partial charge is 0.507 e. The van der Waals surface area contributed by atoms with Gasteiger partial charge in [0.05, 0.1) is 12.0 Å². The van der Waals surface area contributed by atoms with Gasteiger partial charge in [-0.1, -0.05) is 0 Å². The lowest BCUT2D eigenvalue weighted by Gasteiger charge is -2.06. The van der Waals surface area contributed by atoms with Crippen LogP contribution in [0.3, 0.4) is 0 Å². The molecule has 1 aromatic carbocycles. The van der Waals surface area contributed by atoms with Crippen LogP contribution in [-0.2, 0) is 15.9 Å². The molecule has 0 bridgehead atoms. The number of phenols is 1. The Morgan fingerprint density at radius 3 is 2.69 bits per heavy atom. The van der Waals surface area contributed by atoms with Crippen LogP contribution in [0.15, 0.2) is 18.2 Å². The maximum absolute atomic E-state index is 12.9. The fourth-order valence-corrected chi connectivity index (χ4v) is 1.43. The molecular formula is C11H12FO3S+. The molecule has 0 aliphatic rings. The lowest BCUT2D eigenvalue weighted by molar-refractivity contribution is 0.0970. The number of benzene rings is 1. The first-order valence-corrected chi connectivity index (χ1v) is 5.42. The van der Waals surface area contributed by atoms with Gasteiger partial charge in [-0.25, -0.2) is 4.39 Å². The molecule has 0 saturated carbocycles. The molecule has 0 spiro atoms. The molecule has 0 atom stereocenters. The Bertz CT molecular complexity index is 429. The van der Waals surface area contributed by atoms with Gasteiger partial charge in [0.2, 0.25) is 4.75 Å². The van der Waals surface area contributed by atoms with Gasteiger partial charge < -0.3 is 5.11 Å². The normalized spacial score (nSPS) is 11.2. The zero-order valence-corrected chi connectivity index (χ0v) is 9.81. The average molecular weight is 243 g/mol. The van der Waals surface area contributed by atoms with E-state index in [-0.39, 0.29) is 17.7 Å². The fraction of sp³-hybridized carbons (Fsp3) is 0.364. The minimum atomic E-state index is -0.768. The fourth-order valence-electron chi connectivity index (χ4n) is 1.24. The van der Waals surface area contributed by atoms with Crippen molar-refractivity contribution < 1.29 is 18.5 Å². The van der Waals surface area contributed by atoms with E-state index in [2.05, 4.69) is 0 Å². The van der Waals surface area contributed by atoms with Crippen LogP contribution in [0.1, 0.15) is 30.6 Å². The minimum Gasteiger partial charge on any atom is -0.507 e. The van der Waals surface area contributed by atoms with Gasteiger partial charge in [-0.3, -0.25) is 4.79 Å². The van der Waals surface area contributed by atoms with Gasteiger partial charge in [-0.05, 0) is 18.2 Å². The standard InChI is InChI=1S/C11H11FO3S/c1-11(2,16-15)6-10(14)8-5-7(12)3-4-9(8)13/h3-5H,6H2,1-2H3/p+1. The number of rotatable bonds is 4. The zero-order chi connectivity index (χ0) is 12.3. The van der Waals surface area contributed by atoms with Crippen molar-refractivity contribution in [2.45, 2.75) is 25.0 Å². The van der Waals surface area contributed by atoms with Gasteiger partial charge in [0.1, 0.15) is 11.6 Å². The number of hydrogen-bond acceptors (Lipinski definition) is 3. The van der Waals surface area contributed by atoms with Gasteiger partial charge in [-0.15, -0.1) is 0 Å². The predicted molar refractivity (Wildman–Crippen MR) is 59.1 cm³/mol. The summed E-state index contributed by atoms with van der Waals surface area (Å²) in [6.07, 6.45) is -0.0435. The third-order valence-corrected chi connectivity index (χ3v) is 2.67. The number of halogens is 1. The van der Waals surface area contributed by atoms with Crippen LogP contribution in [0.5, 0.6) is 5.75 Å². The highest BCUT2D eigenvalue weighted by Gasteiger charge is 2.36. The highest BCUT2D eigenvalue weighted by atomic mass is 32.1. The lowest BCUT2D eigenvalue weighted by Crippen LogP contribution is -2.22. The second kappa shape index (κ2) is 4.65. The van der Waals surface area contributed by atoms with Gasteiger partial charge in [-0.2, -0.15) is 0 Å². The van der Waals surface area contributed by atoms with Crippen LogP contribution < -0.4 is 0 Å². The van der Waals surface area contributed by atoms with Crippen molar-refractivity contribution in [2.24, 2.45) is 0 Å². The summed E-state index contributed by atoms with van der Waals surface area (Å²) >= 11 is 0.314. The molecule has 0 fully saturated rings. The Morgan fingerprint density at radius 2 is 2.12 bits per heavy atom. The van der Waals surface area contributed by atoms with Crippen LogP contribution in [0.2, 0.25) is 0 Å². The topological polar surface area (TPSA) is 54.4 Å². The molecule has 0 radical (unpaired) electrons. The summed E-state index contributed by atoms with van der Waals surface area (Å²) in [4.78, 5) is 11.7. The summed E-state index contributed by atoms with van der Waals surface area (Å²) in [5.74, 6) is -1.29. The maximum Gasteiger partial charge on any atom is 0.465 e. The van der Waals surface area contributed by atoms with Crippen LogP contribution in [0.25, 0.3) is 0 Å². The summed E-state index contributed by atoms with van der Waals surface area (Å²) in [6, 6.07) is 3.17. The van der Waals surface area contributed by atoms with Gasteiger partial charge in [0.25, 0.3) is 0 Å². The monoisotopic (exact) mass is 243 g/mol. The molecule has 5 heteroatoms. The van der Waals surface area contributed by atoms with E-state index in [1.807, 2.05) is 0 Å². The van der Waals surface area contributed by atoms with E-state index < -0.39 is 16.3 Å². The summed E-state index contributed by atoms with van der Waals surface area (Å²) < 4.78 is 22.8. The van der Waals surface area contributed by atoms with Crippen molar-refractivity contribution in [3.05, 3.63) is 29.6 Å². The third-order valence-electron chi connectivity index (χ3n) is 2.07. The maximum atomic E-state index is 12.9. The molecule has 0 aliphatic heterocycles. The van der Waals surface area contributed by atoms with Gasteiger partial charge in [0.15, 0.2) is 5.78 Å². The first kappa shape index (κ1) is 12.7. The molecule has 3 nitrogen and oxygen atoms in total. The van der Waals surface area contributed by atoms with E-state index in [4.69, 9.17) is 0 Å². The Labute approximate surface area is 96.8 Å². The van der Waals surface area contributed by atoms with Crippen LogP contribution >= 0.6 is 0 Å². The van der Waals surface area contributed by atoms with E-state index in [0.717, 1.165) is 18.2 Å². The molecule has 16 heavy (non-hydrogen) atoms. The van der Waals surface area contributed by atoms with Crippen LogP contribution in [0.4, 0.5) is 4.39 Å². The zero-order valence-electron chi connectivity index (χ0n) is 8.99.